The molecule has 5 atom stereocenters. The molecule has 1 saturated heterocycles. The summed E-state index contributed by atoms with van der Waals surface area (Å²) in [5.41, 5.74) is 3.74. The van der Waals surface area contributed by atoms with E-state index in [0.717, 1.165) is 16.7 Å². The van der Waals surface area contributed by atoms with Crippen molar-refractivity contribution >= 4 is 11.8 Å². The van der Waals surface area contributed by atoms with Gasteiger partial charge in [0.2, 0.25) is 5.79 Å². The van der Waals surface area contributed by atoms with Crippen molar-refractivity contribution in [3.8, 4) is 0 Å². The highest BCUT2D eigenvalue weighted by Gasteiger charge is 2.55. The van der Waals surface area contributed by atoms with Gasteiger partial charge in [-0.2, -0.15) is 0 Å². The van der Waals surface area contributed by atoms with Crippen molar-refractivity contribution < 1.29 is 29.9 Å². The van der Waals surface area contributed by atoms with Crippen LogP contribution in [0.5, 0.6) is 0 Å². The van der Waals surface area contributed by atoms with E-state index in [1.165, 1.54) is 12.0 Å². The molecule has 1 aliphatic rings. The Balaban J connectivity index is 1.97. The van der Waals surface area contributed by atoms with Gasteiger partial charge in [-0.1, -0.05) is 24.3 Å². The van der Waals surface area contributed by atoms with Crippen LogP contribution < -0.4 is 0 Å². The van der Waals surface area contributed by atoms with Gasteiger partial charge in [-0.3, -0.25) is 0 Å². The number of aliphatic hydroxyl groups excluding tert-OH is 4. The van der Waals surface area contributed by atoms with E-state index in [4.69, 9.17) is 9.47 Å². The summed E-state index contributed by atoms with van der Waals surface area (Å²) in [5, 5.41) is 40.6. The molecule has 29 heavy (non-hydrogen) atoms. The lowest BCUT2D eigenvalue weighted by atomic mass is 9.86. The second-order valence-corrected chi connectivity index (χ2v) is 8.18. The Kier molecular flexibility index (Phi) is 7.01. The quantitative estimate of drug-likeness (QED) is 0.527. The van der Waals surface area contributed by atoms with Crippen molar-refractivity contribution in [2.24, 2.45) is 0 Å². The second-order valence-electron chi connectivity index (χ2n) is 7.30. The van der Waals surface area contributed by atoms with E-state index in [1.807, 2.05) is 25.3 Å². The Morgan fingerprint density at radius 1 is 1.07 bits per heavy atom. The first-order valence-corrected chi connectivity index (χ1v) is 10.7. The van der Waals surface area contributed by atoms with Gasteiger partial charge < -0.3 is 29.9 Å². The molecule has 0 bridgehead atoms. The number of rotatable bonds is 6. The molecule has 1 fully saturated rings. The summed E-state index contributed by atoms with van der Waals surface area (Å²) < 4.78 is 11.3. The Labute approximate surface area is 175 Å². The van der Waals surface area contributed by atoms with E-state index in [0.29, 0.717) is 12.0 Å². The lowest BCUT2D eigenvalue weighted by Crippen LogP contribution is -2.64. The monoisotopic (exact) mass is 420 g/mol. The van der Waals surface area contributed by atoms with Crippen LogP contribution in [0.25, 0.3) is 0 Å². The third-order valence-electron chi connectivity index (χ3n) is 5.56. The van der Waals surface area contributed by atoms with E-state index < -0.39 is 36.8 Å². The maximum absolute atomic E-state index is 10.7. The first kappa shape index (κ1) is 22.2. The average molecular weight is 421 g/mol. The lowest BCUT2D eigenvalue weighted by molar-refractivity contribution is -0.366. The van der Waals surface area contributed by atoms with Gasteiger partial charge in [0.25, 0.3) is 0 Å². The molecule has 7 heteroatoms. The van der Waals surface area contributed by atoms with Gasteiger partial charge in [-0.15, -0.1) is 11.8 Å². The van der Waals surface area contributed by atoms with E-state index in [1.54, 1.807) is 17.8 Å². The molecular weight excluding hydrogens is 392 g/mol. The summed E-state index contributed by atoms with van der Waals surface area (Å²) >= 11 is 1.69. The molecule has 0 spiro atoms. The van der Waals surface area contributed by atoms with Crippen molar-refractivity contribution in [1.29, 1.82) is 0 Å². The third-order valence-corrected chi connectivity index (χ3v) is 6.30. The van der Waals surface area contributed by atoms with Gasteiger partial charge in [-0.05, 0) is 54.5 Å². The zero-order chi connectivity index (χ0) is 21.2. The summed E-state index contributed by atoms with van der Waals surface area (Å²) in [6, 6.07) is 13.9. The minimum atomic E-state index is -1.70. The van der Waals surface area contributed by atoms with E-state index >= 15 is 0 Å². The van der Waals surface area contributed by atoms with Crippen LogP contribution in [0.15, 0.2) is 47.4 Å². The predicted molar refractivity (Wildman–Crippen MR) is 111 cm³/mol. The highest BCUT2D eigenvalue weighted by atomic mass is 32.2. The van der Waals surface area contributed by atoms with Crippen LogP contribution in [0.1, 0.15) is 22.3 Å². The van der Waals surface area contributed by atoms with E-state index in [-0.39, 0.29) is 0 Å². The second kappa shape index (κ2) is 9.14. The number of aryl methyl sites for hydroxylation is 1. The number of thioether (sulfide) groups is 1. The van der Waals surface area contributed by atoms with Crippen molar-refractivity contribution in [3.05, 3.63) is 64.7 Å². The molecule has 0 aliphatic carbocycles. The van der Waals surface area contributed by atoms with Gasteiger partial charge in [0.15, 0.2) is 0 Å². The number of aliphatic hydroxyl groups is 4. The Bertz CT molecular complexity index is 825. The molecule has 4 N–H and O–H groups in total. The van der Waals surface area contributed by atoms with Gasteiger partial charge in [0.1, 0.15) is 24.4 Å². The largest absolute Gasteiger partial charge is 0.394 e. The summed E-state index contributed by atoms with van der Waals surface area (Å²) in [7, 11) is 1.36. The Morgan fingerprint density at radius 3 is 2.34 bits per heavy atom. The number of ether oxygens (including phenoxy) is 2. The van der Waals surface area contributed by atoms with Crippen LogP contribution in [-0.2, 0) is 21.7 Å². The molecule has 6 nitrogen and oxygen atoms in total. The molecular formula is C22H28O6S. The van der Waals surface area contributed by atoms with Crippen molar-refractivity contribution in [1.82, 2.24) is 0 Å². The summed E-state index contributed by atoms with van der Waals surface area (Å²) in [6.07, 6.45) is -2.84. The third kappa shape index (κ3) is 4.22. The van der Waals surface area contributed by atoms with Crippen LogP contribution in [0.3, 0.4) is 0 Å². The van der Waals surface area contributed by atoms with Crippen LogP contribution in [0.2, 0.25) is 0 Å². The Hall–Kier alpha value is -1.45. The topological polar surface area (TPSA) is 99.4 Å². The highest BCUT2D eigenvalue weighted by molar-refractivity contribution is 7.98. The zero-order valence-electron chi connectivity index (χ0n) is 16.8. The van der Waals surface area contributed by atoms with E-state index in [2.05, 4.69) is 24.3 Å². The van der Waals surface area contributed by atoms with Gasteiger partial charge in [0.05, 0.1) is 6.61 Å². The number of hydrogen-bond donors (Lipinski definition) is 4. The lowest BCUT2D eigenvalue weighted by Gasteiger charge is -2.47. The molecule has 2 aromatic rings. The van der Waals surface area contributed by atoms with Crippen LogP contribution in [0.4, 0.5) is 0 Å². The minimum Gasteiger partial charge on any atom is -0.394 e. The van der Waals surface area contributed by atoms with Gasteiger partial charge in [-0.25, -0.2) is 0 Å². The van der Waals surface area contributed by atoms with Gasteiger partial charge in [0, 0.05) is 17.6 Å². The summed E-state index contributed by atoms with van der Waals surface area (Å²) in [5.74, 6) is -1.70. The van der Waals surface area contributed by atoms with Crippen molar-refractivity contribution in [2.75, 3.05) is 20.0 Å². The standard InChI is InChI=1S/C22H28O6S/c1-13-4-7-16(11-15(13)10-14-5-8-17(29-3)9-6-14)22(27-2)21(26)20(25)19(24)18(12-23)28-22/h4-9,11,18-21,23-26H,10,12H2,1-3H3/t18-,19?,20+,21-,22+/m1/s1. The molecule has 2 aromatic carbocycles. The fourth-order valence-electron chi connectivity index (χ4n) is 3.71. The first-order chi connectivity index (χ1) is 13.9. The van der Waals surface area contributed by atoms with Crippen LogP contribution in [-0.4, -0.2) is 64.8 Å². The summed E-state index contributed by atoms with van der Waals surface area (Å²) in [4.78, 5) is 1.19. The highest BCUT2D eigenvalue weighted by Crippen LogP contribution is 2.40. The fourth-order valence-corrected chi connectivity index (χ4v) is 4.12. The van der Waals surface area contributed by atoms with Gasteiger partial charge >= 0.3 is 0 Å². The van der Waals surface area contributed by atoms with Crippen molar-refractivity contribution in [3.63, 3.8) is 0 Å². The molecule has 158 valence electrons. The van der Waals surface area contributed by atoms with Crippen LogP contribution >= 0.6 is 11.8 Å². The molecule has 1 heterocycles. The smallest absolute Gasteiger partial charge is 0.224 e. The normalized spacial score (nSPS) is 29.8. The molecule has 0 radical (unpaired) electrons. The maximum atomic E-state index is 10.7. The zero-order valence-corrected chi connectivity index (χ0v) is 17.6. The molecule has 0 aromatic heterocycles. The SMILES string of the molecule is CO[C@@]1(c2ccc(C)c(Cc3ccc(SC)cc3)c2)O[C@H](CO)C(O)[C@H](O)[C@H]1O. The number of hydrogen-bond acceptors (Lipinski definition) is 7. The maximum Gasteiger partial charge on any atom is 0.224 e. The predicted octanol–water partition coefficient (Wildman–Crippen LogP) is 1.58. The van der Waals surface area contributed by atoms with Crippen molar-refractivity contribution in [2.45, 2.75) is 48.4 Å². The average Bonchev–Trinajstić information content (AvgIpc) is 2.75. The number of methoxy groups -OCH3 is 1. The molecule has 1 aliphatic heterocycles. The molecule has 0 saturated carbocycles. The van der Waals surface area contributed by atoms with E-state index in [9.17, 15) is 20.4 Å². The minimum absolute atomic E-state index is 0.512. The first-order valence-electron chi connectivity index (χ1n) is 9.47. The number of benzene rings is 2. The van der Waals surface area contributed by atoms with Crippen LogP contribution in [0, 0.1) is 6.92 Å². The molecule has 3 rings (SSSR count). The molecule has 0 amide bonds. The Morgan fingerprint density at radius 2 is 1.76 bits per heavy atom. The summed E-state index contributed by atoms with van der Waals surface area (Å²) in [6.45, 7) is 1.48. The molecule has 1 unspecified atom stereocenters. The fraction of sp³-hybridized carbons (Fsp3) is 0.455.